The smallest absolute Gasteiger partial charge is 0.326 e. The summed E-state index contributed by atoms with van der Waals surface area (Å²) in [5.41, 5.74) is 16.1. The van der Waals surface area contributed by atoms with Crippen LogP contribution in [0.1, 0.15) is 39.5 Å². The molecule has 15 heteroatoms. The van der Waals surface area contributed by atoms with Gasteiger partial charge in [-0.2, -0.15) is 0 Å². The van der Waals surface area contributed by atoms with Gasteiger partial charge in [-0.1, -0.05) is 20.3 Å². The van der Waals surface area contributed by atoms with Crippen LogP contribution in [0.15, 0.2) is 4.99 Å². The minimum Gasteiger partial charge on any atom is -0.481 e. The molecule has 15 nitrogen and oxygen atoms in total. The number of rotatable bonds is 16. The van der Waals surface area contributed by atoms with E-state index in [2.05, 4.69) is 20.9 Å². The van der Waals surface area contributed by atoms with E-state index in [1.165, 1.54) is 0 Å². The van der Waals surface area contributed by atoms with Crippen molar-refractivity contribution in [2.75, 3.05) is 13.2 Å². The van der Waals surface area contributed by atoms with Gasteiger partial charge in [-0.15, -0.1) is 0 Å². The second-order valence-electron chi connectivity index (χ2n) is 7.67. The summed E-state index contributed by atoms with van der Waals surface area (Å²) in [5.74, 6) is -6.22. The average molecular weight is 490 g/mol. The van der Waals surface area contributed by atoms with Crippen molar-refractivity contribution in [2.24, 2.45) is 28.1 Å². The number of carboxylic acids is 2. The summed E-state index contributed by atoms with van der Waals surface area (Å²) in [6.07, 6.45) is 0.0850. The molecule has 0 bridgehead atoms. The summed E-state index contributed by atoms with van der Waals surface area (Å²) >= 11 is 0. The van der Waals surface area contributed by atoms with E-state index in [0.717, 1.165) is 0 Å². The van der Waals surface area contributed by atoms with Crippen LogP contribution in [0.5, 0.6) is 0 Å². The standard InChI is InChI=1S/C19H35N7O8/c1-3-9(2)14(18(33)34)26-16(31)11(7-13(28)29)24-17(32)12(8-27)25-15(30)10(20)5-4-6-23-19(21)22/h9-12,14,27H,3-8,20H2,1-2H3,(H,24,32)(H,25,30)(H,26,31)(H,28,29)(H,33,34)(H4,21,22,23). The number of hydrogen-bond donors (Lipinski definition) is 9. The lowest BCUT2D eigenvalue weighted by molar-refractivity contribution is -0.144. The number of carbonyl (C=O) groups is 5. The van der Waals surface area contributed by atoms with Gasteiger partial charge in [-0.3, -0.25) is 24.2 Å². The van der Waals surface area contributed by atoms with Crippen LogP contribution in [0.4, 0.5) is 0 Å². The van der Waals surface area contributed by atoms with Crippen LogP contribution in [0, 0.1) is 5.92 Å². The van der Waals surface area contributed by atoms with Crippen LogP contribution in [-0.2, 0) is 24.0 Å². The second kappa shape index (κ2) is 15.4. The van der Waals surface area contributed by atoms with Crippen molar-refractivity contribution >= 4 is 35.6 Å². The number of aliphatic hydroxyl groups excluding tert-OH is 1. The molecule has 0 aromatic carbocycles. The highest BCUT2D eigenvalue weighted by Crippen LogP contribution is 2.09. The third kappa shape index (κ3) is 11.4. The van der Waals surface area contributed by atoms with Crippen molar-refractivity contribution in [3.05, 3.63) is 0 Å². The summed E-state index contributed by atoms with van der Waals surface area (Å²) in [7, 11) is 0. The Labute approximate surface area is 196 Å². The van der Waals surface area contributed by atoms with E-state index < -0.39 is 72.8 Å². The fourth-order valence-corrected chi connectivity index (χ4v) is 2.72. The number of nitrogens with two attached hydrogens (primary N) is 3. The van der Waals surface area contributed by atoms with Gasteiger partial charge >= 0.3 is 11.9 Å². The first kappa shape index (κ1) is 30.5. The Morgan fingerprint density at radius 1 is 0.941 bits per heavy atom. The van der Waals surface area contributed by atoms with Crippen molar-refractivity contribution in [3.63, 3.8) is 0 Å². The molecule has 0 aliphatic carbocycles. The van der Waals surface area contributed by atoms with Crippen molar-refractivity contribution in [1.82, 2.24) is 16.0 Å². The fourth-order valence-electron chi connectivity index (χ4n) is 2.72. The van der Waals surface area contributed by atoms with Crippen molar-refractivity contribution in [1.29, 1.82) is 0 Å². The van der Waals surface area contributed by atoms with Gasteiger partial charge in [0.1, 0.15) is 18.1 Å². The molecule has 0 spiro atoms. The SMILES string of the molecule is CCC(C)C(NC(=O)C(CC(=O)O)NC(=O)C(CO)NC(=O)C(N)CCCN=C(N)N)C(=O)O. The van der Waals surface area contributed by atoms with Crippen LogP contribution in [-0.4, -0.2) is 88.3 Å². The van der Waals surface area contributed by atoms with Gasteiger partial charge in [-0.05, 0) is 18.8 Å². The summed E-state index contributed by atoms with van der Waals surface area (Å²) in [5, 5.41) is 34.5. The molecular formula is C19H35N7O8. The first-order chi connectivity index (χ1) is 15.8. The van der Waals surface area contributed by atoms with Crippen molar-refractivity contribution in [2.45, 2.75) is 63.7 Å². The predicted molar refractivity (Wildman–Crippen MR) is 120 cm³/mol. The average Bonchev–Trinajstić information content (AvgIpc) is 2.76. The van der Waals surface area contributed by atoms with E-state index >= 15 is 0 Å². The Morgan fingerprint density at radius 3 is 1.97 bits per heavy atom. The Balaban J connectivity index is 5.20. The number of guanidine groups is 1. The molecular weight excluding hydrogens is 454 g/mol. The zero-order valence-corrected chi connectivity index (χ0v) is 19.2. The molecule has 0 aromatic heterocycles. The number of nitrogens with zero attached hydrogens (tertiary/aromatic N) is 1. The Kier molecular flexibility index (Phi) is 13.8. The summed E-state index contributed by atoms with van der Waals surface area (Å²) in [4.78, 5) is 63.6. The van der Waals surface area contributed by atoms with Gasteiger partial charge in [-0.25, -0.2) is 4.79 Å². The summed E-state index contributed by atoms with van der Waals surface area (Å²) in [6.45, 7) is 2.66. The summed E-state index contributed by atoms with van der Waals surface area (Å²) in [6, 6.07) is -5.56. The molecule has 0 fully saturated rings. The molecule has 5 unspecified atom stereocenters. The molecule has 0 heterocycles. The molecule has 0 aromatic rings. The number of aliphatic hydroxyl groups is 1. The Hall–Kier alpha value is -3.46. The minimum atomic E-state index is -1.66. The van der Waals surface area contributed by atoms with E-state index in [4.69, 9.17) is 22.3 Å². The molecule has 0 saturated heterocycles. The van der Waals surface area contributed by atoms with Gasteiger partial charge in [0.25, 0.3) is 0 Å². The highest BCUT2D eigenvalue weighted by Gasteiger charge is 2.32. The molecule has 0 aliphatic heterocycles. The monoisotopic (exact) mass is 489 g/mol. The maximum absolute atomic E-state index is 12.5. The lowest BCUT2D eigenvalue weighted by Gasteiger charge is -2.25. The molecule has 12 N–H and O–H groups in total. The number of aliphatic imine (C=N–C) groups is 1. The second-order valence-corrected chi connectivity index (χ2v) is 7.67. The quantitative estimate of drug-likeness (QED) is 0.0580. The number of nitrogens with one attached hydrogen (secondary N) is 3. The van der Waals surface area contributed by atoms with Gasteiger partial charge < -0.3 is 48.5 Å². The number of hydrogen-bond acceptors (Lipinski definition) is 8. The largest absolute Gasteiger partial charge is 0.481 e. The van der Waals surface area contributed by atoms with Gasteiger partial charge in [0.15, 0.2) is 5.96 Å². The van der Waals surface area contributed by atoms with Crippen LogP contribution in [0.2, 0.25) is 0 Å². The molecule has 3 amide bonds. The third-order valence-corrected chi connectivity index (χ3v) is 4.91. The highest BCUT2D eigenvalue weighted by molar-refractivity contribution is 5.95. The van der Waals surface area contributed by atoms with E-state index in [9.17, 15) is 34.2 Å². The number of carboxylic acid groups (broad SMARTS) is 2. The molecule has 0 saturated carbocycles. The number of aliphatic carboxylic acids is 2. The molecule has 34 heavy (non-hydrogen) atoms. The molecule has 194 valence electrons. The maximum Gasteiger partial charge on any atom is 0.326 e. The predicted octanol–water partition coefficient (Wildman–Crippen LogP) is -3.58. The normalized spacial score (nSPS) is 15.1. The third-order valence-electron chi connectivity index (χ3n) is 4.91. The van der Waals surface area contributed by atoms with E-state index in [1.54, 1.807) is 13.8 Å². The lowest BCUT2D eigenvalue weighted by atomic mass is 9.98. The molecule has 0 radical (unpaired) electrons. The van der Waals surface area contributed by atoms with E-state index in [1.807, 2.05) is 0 Å². The van der Waals surface area contributed by atoms with Gasteiger partial charge in [0.05, 0.1) is 19.1 Å². The first-order valence-corrected chi connectivity index (χ1v) is 10.6. The maximum atomic E-state index is 12.5. The minimum absolute atomic E-state index is 0.117. The van der Waals surface area contributed by atoms with Gasteiger partial charge in [0, 0.05) is 6.54 Å². The van der Waals surface area contributed by atoms with Crippen LogP contribution >= 0.6 is 0 Å². The van der Waals surface area contributed by atoms with Crippen molar-refractivity contribution in [3.8, 4) is 0 Å². The van der Waals surface area contributed by atoms with E-state index in [-0.39, 0.29) is 18.9 Å². The van der Waals surface area contributed by atoms with Gasteiger partial charge in [0.2, 0.25) is 17.7 Å². The fraction of sp³-hybridized carbons (Fsp3) is 0.684. The number of carbonyl (C=O) groups excluding carboxylic acids is 3. The molecule has 5 atom stereocenters. The number of amides is 3. The van der Waals surface area contributed by atoms with Crippen LogP contribution < -0.4 is 33.2 Å². The highest BCUT2D eigenvalue weighted by atomic mass is 16.4. The van der Waals surface area contributed by atoms with Crippen LogP contribution in [0.25, 0.3) is 0 Å². The topological polar surface area (TPSA) is 273 Å². The van der Waals surface area contributed by atoms with Crippen molar-refractivity contribution < 1.29 is 39.3 Å². The molecule has 0 rings (SSSR count). The summed E-state index contributed by atoms with van der Waals surface area (Å²) < 4.78 is 0. The zero-order chi connectivity index (χ0) is 26.4. The Morgan fingerprint density at radius 2 is 1.50 bits per heavy atom. The van der Waals surface area contributed by atoms with Crippen LogP contribution in [0.3, 0.4) is 0 Å². The van der Waals surface area contributed by atoms with E-state index in [0.29, 0.717) is 12.8 Å². The zero-order valence-electron chi connectivity index (χ0n) is 19.2. The Bertz CT molecular complexity index is 757. The first-order valence-electron chi connectivity index (χ1n) is 10.6. The molecule has 0 aliphatic rings. The lowest BCUT2D eigenvalue weighted by Crippen LogP contribution is -2.58.